The van der Waals surface area contributed by atoms with Gasteiger partial charge in [-0.05, 0) is 35.6 Å². The molecule has 2 aromatic heterocycles. The molecule has 0 bridgehead atoms. The summed E-state index contributed by atoms with van der Waals surface area (Å²) in [5.74, 6) is 0. The second kappa shape index (κ2) is 3.47. The van der Waals surface area contributed by atoms with E-state index in [9.17, 15) is 5.11 Å². The zero-order valence-electron chi connectivity index (χ0n) is 6.86. The Morgan fingerprint density at radius 3 is 3.08 bits per heavy atom. The monoisotopic (exact) mass is 306 g/mol. The molecule has 5 heteroatoms. The fourth-order valence-electron chi connectivity index (χ4n) is 1.16. The van der Waals surface area contributed by atoms with E-state index in [-0.39, 0.29) is 0 Å². The highest BCUT2D eigenvalue weighted by Crippen LogP contribution is 2.26. The number of aliphatic hydroxyl groups excluding tert-OH is 1. The van der Waals surface area contributed by atoms with E-state index in [4.69, 9.17) is 0 Å². The third kappa shape index (κ3) is 1.68. The molecule has 1 N–H and O–H groups in total. The van der Waals surface area contributed by atoms with Gasteiger partial charge in [0.1, 0.15) is 10.3 Å². The molecule has 2 rings (SSSR count). The number of hydrogen-bond acceptors (Lipinski definition) is 4. The first-order valence-corrected chi connectivity index (χ1v) is 5.67. The normalized spacial score (nSPS) is 13.5. The molecule has 0 spiro atoms. The third-order valence-corrected chi connectivity index (χ3v) is 3.41. The van der Waals surface area contributed by atoms with Crippen LogP contribution in [-0.2, 0) is 0 Å². The Morgan fingerprint density at radius 2 is 2.38 bits per heavy atom. The maximum Gasteiger partial charge on any atom is 0.156 e. The Bertz CT molecular complexity index is 441. The van der Waals surface area contributed by atoms with Gasteiger partial charge < -0.3 is 5.11 Å². The number of rotatable bonds is 1. The van der Waals surface area contributed by atoms with Gasteiger partial charge in [0.25, 0.3) is 0 Å². The number of aliphatic hydroxyl groups is 1. The number of aromatic nitrogens is 2. The highest BCUT2D eigenvalue weighted by Gasteiger charge is 2.10. The van der Waals surface area contributed by atoms with Crippen LogP contribution in [0.1, 0.15) is 18.6 Å². The van der Waals surface area contributed by atoms with E-state index >= 15 is 0 Å². The fourth-order valence-corrected chi connectivity index (χ4v) is 2.70. The van der Waals surface area contributed by atoms with Crippen LogP contribution in [0.4, 0.5) is 0 Å². The lowest BCUT2D eigenvalue weighted by molar-refractivity contribution is 0.200. The van der Waals surface area contributed by atoms with Crippen molar-refractivity contribution in [3.05, 3.63) is 20.8 Å². The smallest absolute Gasteiger partial charge is 0.156 e. The maximum absolute atomic E-state index is 9.47. The lowest BCUT2D eigenvalue weighted by Gasteiger charge is -2.03. The Hall–Kier alpha value is -0.270. The summed E-state index contributed by atoms with van der Waals surface area (Å²) in [5, 5.41) is 9.47. The first-order valence-electron chi connectivity index (χ1n) is 3.77. The summed E-state index contributed by atoms with van der Waals surface area (Å²) in [7, 11) is 0. The summed E-state index contributed by atoms with van der Waals surface area (Å²) >= 11 is 3.70. The van der Waals surface area contributed by atoms with Crippen molar-refractivity contribution < 1.29 is 5.11 Å². The number of fused-ring (bicyclic) bond motifs is 1. The summed E-state index contributed by atoms with van der Waals surface area (Å²) in [4.78, 5) is 9.39. The van der Waals surface area contributed by atoms with Crippen LogP contribution < -0.4 is 0 Å². The minimum atomic E-state index is -0.483. The van der Waals surface area contributed by atoms with Gasteiger partial charge in [0.15, 0.2) is 3.01 Å². The molecule has 0 amide bonds. The van der Waals surface area contributed by atoms with E-state index in [0.717, 1.165) is 18.9 Å². The molecule has 0 saturated carbocycles. The number of pyridine rings is 1. The van der Waals surface area contributed by atoms with Crippen LogP contribution in [0, 0.1) is 3.01 Å². The summed E-state index contributed by atoms with van der Waals surface area (Å²) < 4.78 is 0.952. The van der Waals surface area contributed by atoms with Crippen LogP contribution in [0.5, 0.6) is 0 Å². The Balaban J connectivity index is 2.75. The largest absolute Gasteiger partial charge is 0.389 e. The van der Waals surface area contributed by atoms with Crippen LogP contribution in [0.15, 0.2) is 12.3 Å². The second-order valence-corrected chi connectivity index (χ2v) is 5.43. The summed E-state index contributed by atoms with van der Waals surface area (Å²) in [6.07, 6.45) is 1.22. The first-order chi connectivity index (χ1) is 6.18. The summed E-state index contributed by atoms with van der Waals surface area (Å²) in [6.45, 7) is 1.74. The summed E-state index contributed by atoms with van der Waals surface area (Å²) in [5.41, 5.74) is 1.68. The summed E-state index contributed by atoms with van der Waals surface area (Å²) in [6, 6.07) is 1.81. The quantitative estimate of drug-likeness (QED) is 0.823. The zero-order chi connectivity index (χ0) is 9.42. The van der Waals surface area contributed by atoms with Crippen molar-refractivity contribution in [1.82, 2.24) is 9.97 Å². The molecule has 2 aromatic rings. The third-order valence-electron chi connectivity index (χ3n) is 1.75. The van der Waals surface area contributed by atoms with Gasteiger partial charge in [-0.1, -0.05) is 11.3 Å². The minimum absolute atomic E-state index is 0.483. The van der Waals surface area contributed by atoms with Crippen molar-refractivity contribution in [2.24, 2.45) is 0 Å². The van der Waals surface area contributed by atoms with Crippen LogP contribution in [-0.4, -0.2) is 15.1 Å². The van der Waals surface area contributed by atoms with Crippen LogP contribution >= 0.6 is 33.9 Å². The van der Waals surface area contributed by atoms with Crippen molar-refractivity contribution in [1.29, 1.82) is 0 Å². The number of halogens is 1. The Morgan fingerprint density at radius 1 is 1.62 bits per heavy atom. The van der Waals surface area contributed by atoms with E-state index < -0.39 is 6.10 Å². The van der Waals surface area contributed by atoms with Gasteiger partial charge in [-0.15, -0.1) is 0 Å². The van der Waals surface area contributed by atoms with E-state index in [1.54, 1.807) is 13.1 Å². The molecular formula is C8H7IN2OS. The van der Waals surface area contributed by atoms with Gasteiger partial charge in [0.05, 0.1) is 6.10 Å². The van der Waals surface area contributed by atoms with Crippen LogP contribution in [0.25, 0.3) is 10.3 Å². The molecule has 1 unspecified atom stereocenters. The van der Waals surface area contributed by atoms with E-state index in [1.165, 1.54) is 11.3 Å². The lowest BCUT2D eigenvalue weighted by Crippen LogP contribution is -1.92. The number of hydrogen-bond donors (Lipinski definition) is 1. The average Bonchev–Trinajstić information content (AvgIpc) is 2.43. The standard InChI is InChI=1S/C8H7IN2OS/c1-4(12)5-2-3-10-7-6(5)11-8(9)13-7/h2-4,12H,1H3. The van der Waals surface area contributed by atoms with Crippen LogP contribution in [0.3, 0.4) is 0 Å². The molecule has 3 nitrogen and oxygen atoms in total. The topological polar surface area (TPSA) is 46.0 Å². The number of nitrogens with zero attached hydrogens (tertiary/aromatic N) is 2. The van der Waals surface area contributed by atoms with Crippen LogP contribution in [0.2, 0.25) is 0 Å². The highest BCUT2D eigenvalue weighted by molar-refractivity contribution is 14.1. The predicted octanol–water partition coefficient (Wildman–Crippen LogP) is 2.35. The molecule has 0 radical (unpaired) electrons. The molecule has 0 aliphatic heterocycles. The average molecular weight is 306 g/mol. The van der Waals surface area contributed by atoms with Gasteiger partial charge >= 0.3 is 0 Å². The zero-order valence-corrected chi connectivity index (χ0v) is 9.83. The molecule has 0 aliphatic carbocycles. The Labute approximate surface area is 93.0 Å². The molecule has 1 atom stereocenters. The predicted molar refractivity (Wildman–Crippen MR) is 60.8 cm³/mol. The van der Waals surface area contributed by atoms with Crippen molar-refractivity contribution in [2.45, 2.75) is 13.0 Å². The molecule has 0 saturated heterocycles. The number of thiazole rings is 1. The van der Waals surface area contributed by atoms with Gasteiger partial charge in [-0.2, -0.15) is 0 Å². The van der Waals surface area contributed by atoms with Gasteiger partial charge in [0, 0.05) is 11.8 Å². The SMILES string of the molecule is CC(O)c1ccnc2sc(I)nc12. The fraction of sp³-hybridized carbons (Fsp3) is 0.250. The molecule has 0 aliphatic rings. The minimum Gasteiger partial charge on any atom is -0.389 e. The molecule has 13 heavy (non-hydrogen) atoms. The van der Waals surface area contributed by atoms with Gasteiger partial charge in [0.2, 0.25) is 0 Å². The molecule has 0 aromatic carbocycles. The maximum atomic E-state index is 9.47. The molecule has 68 valence electrons. The van der Waals surface area contributed by atoms with Crippen molar-refractivity contribution >= 4 is 44.3 Å². The molecule has 2 heterocycles. The van der Waals surface area contributed by atoms with Crippen molar-refractivity contribution in [2.75, 3.05) is 0 Å². The highest BCUT2D eigenvalue weighted by atomic mass is 127. The second-order valence-electron chi connectivity index (χ2n) is 2.70. The Kier molecular flexibility index (Phi) is 2.48. The molecular weight excluding hydrogens is 299 g/mol. The van der Waals surface area contributed by atoms with Gasteiger partial charge in [-0.3, -0.25) is 0 Å². The van der Waals surface area contributed by atoms with E-state index in [2.05, 4.69) is 32.6 Å². The van der Waals surface area contributed by atoms with Gasteiger partial charge in [-0.25, -0.2) is 9.97 Å². The molecule has 0 fully saturated rings. The van der Waals surface area contributed by atoms with E-state index in [0.29, 0.717) is 0 Å². The lowest BCUT2D eigenvalue weighted by atomic mass is 10.1. The first kappa shape index (κ1) is 9.29. The van der Waals surface area contributed by atoms with Crippen molar-refractivity contribution in [3.63, 3.8) is 0 Å². The van der Waals surface area contributed by atoms with E-state index in [1.807, 2.05) is 6.07 Å². The van der Waals surface area contributed by atoms with Crippen molar-refractivity contribution in [3.8, 4) is 0 Å².